The molecule has 0 aromatic rings. The Morgan fingerprint density at radius 2 is 2.11 bits per heavy atom. The molecule has 0 saturated heterocycles. The van der Waals surface area contributed by atoms with E-state index in [-0.39, 0.29) is 0 Å². The number of hydrogen-bond acceptors (Lipinski definition) is 1. The van der Waals surface area contributed by atoms with Gasteiger partial charge in [0.15, 0.2) is 0 Å². The predicted molar refractivity (Wildman–Crippen MR) is 42.3 cm³/mol. The van der Waals surface area contributed by atoms with E-state index in [1.807, 2.05) is 13.2 Å². The van der Waals surface area contributed by atoms with Gasteiger partial charge in [0.25, 0.3) is 0 Å². The van der Waals surface area contributed by atoms with Crippen LogP contribution in [0.2, 0.25) is 0 Å². The second-order valence-corrected chi connectivity index (χ2v) is 2.19. The fourth-order valence-corrected chi connectivity index (χ4v) is 0.713. The smallest absolute Gasteiger partial charge is 0.00276 e. The Hall–Kier alpha value is -0.460. The third kappa shape index (κ3) is 7.54. The Morgan fingerprint density at radius 3 is 2.67 bits per heavy atom. The van der Waals surface area contributed by atoms with Crippen molar-refractivity contribution < 1.29 is 0 Å². The lowest BCUT2D eigenvalue weighted by atomic mass is 10.2. The van der Waals surface area contributed by atoms with E-state index in [0.717, 1.165) is 0 Å². The van der Waals surface area contributed by atoms with E-state index >= 15 is 0 Å². The molecule has 0 amide bonds. The van der Waals surface area contributed by atoms with E-state index in [9.17, 15) is 0 Å². The maximum Gasteiger partial charge on any atom is 0.00276 e. The minimum atomic E-state index is 1.22. The Balaban J connectivity index is 2.82. The van der Waals surface area contributed by atoms with Crippen molar-refractivity contribution in [3.8, 4) is 0 Å². The van der Waals surface area contributed by atoms with Gasteiger partial charge in [0.1, 0.15) is 0 Å². The normalized spacial score (nSPS) is 10.4. The van der Waals surface area contributed by atoms with Crippen molar-refractivity contribution in [2.75, 3.05) is 7.05 Å². The van der Waals surface area contributed by atoms with E-state index in [2.05, 4.69) is 18.3 Å². The first kappa shape index (κ1) is 8.54. The van der Waals surface area contributed by atoms with Gasteiger partial charge in [0, 0.05) is 7.05 Å². The number of rotatable bonds is 5. The van der Waals surface area contributed by atoms with Crippen LogP contribution in [0, 0.1) is 0 Å². The van der Waals surface area contributed by atoms with Crippen LogP contribution in [-0.4, -0.2) is 7.05 Å². The summed E-state index contributed by atoms with van der Waals surface area (Å²) in [6, 6.07) is 0. The van der Waals surface area contributed by atoms with E-state index in [0.29, 0.717) is 0 Å². The molecule has 0 atom stereocenters. The second kappa shape index (κ2) is 7.54. The van der Waals surface area contributed by atoms with Crippen molar-refractivity contribution >= 4 is 0 Å². The Bertz CT molecular complexity index is 67.0. The summed E-state index contributed by atoms with van der Waals surface area (Å²) < 4.78 is 0. The minimum absolute atomic E-state index is 1.22. The zero-order valence-corrected chi connectivity index (χ0v) is 6.48. The third-order valence-corrected chi connectivity index (χ3v) is 1.26. The van der Waals surface area contributed by atoms with Crippen LogP contribution in [0.4, 0.5) is 0 Å². The van der Waals surface area contributed by atoms with Crippen LogP contribution < -0.4 is 5.32 Å². The van der Waals surface area contributed by atoms with Crippen molar-refractivity contribution in [2.24, 2.45) is 0 Å². The van der Waals surface area contributed by atoms with E-state index < -0.39 is 0 Å². The van der Waals surface area contributed by atoms with Crippen molar-refractivity contribution in [1.82, 2.24) is 5.32 Å². The number of allylic oxidation sites excluding steroid dienone is 1. The molecule has 0 heterocycles. The highest BCUT2D eigenvalue weighted by molar-refractivity contribution is 4.77. The zero-order valence-electron chi connectivity index (χ0n) is 6.48. The van der Waals surface area contributed by atoms with Crippen molar-refractivity contribution in [1.29, 1.82) is 0 Å². The van der Waals surface area contributed by atoms with Gasteiger partial charge in [0.2, 0.25) is 0 Å². The summed E-state index contributed by atoms with van der Waals surface area (Å²) in [5.41, 5.74) is 0. The summed E-state index contributed by atoms with van der Waals surface area (Å²) >= 11 is 0. The highest BCUT2D eigenvalue weighted by Gasteiger charge is 1.79. The molecule has 0 bridgehead atoms. The Morgan fingerprint density at radius 1 is 1.33 bits per heavy atom. The molecule has 0 aromatic heterocycles. The van der Waals surface area contributed by atoms with Crippen LogP contribution in [0.5, 0.6) is 0 Å². The lowest BCUT2D eigenvalue weighted by Gasteiger charge is -1.90. The van der Waals surface area contributed by atoms with Crippen molar-refractivity contribution in [3.63, 3.8) is 0 Å². The molecule has 0 aliphatic rings. The highest BCUT2D eigenvalue weighted by Crippen LogP contribution is 1.98. The van der Waals surface area contributed by atoms with Gasteiger partial charge in [-0.05, 0) is 19.0 Å². The molecule has 54 valence electrons. The highest BCUT2D eigenvalue weighted by atomic mass is 14.8. The Kier molecular flexibility index (Phi) is 7.15. The molecule has 9 heavy (non-hydrogen) atoms. The first-order valence-electron chi connectivity index (χ1n) is 3.74. The minimum Gasteiger partial charge on any atom is -0.394 e. The average Bonchev–Trinajstić information content (AvgIpc) is 1.89. The molecule has 1 nitrogen and oxygen atoms in total. The molecule has 0 fully saturated rings. The van der Waals surface area contributed by atoms with Crippen LogP contribution in [0.3, 0.4) is 0 Å². The molecular weight excluding hydrogens is 110 g/mol. The van der Waals surface area contributed by atoms with Gasteiger partial charge in [-0.1, -0.05) is 25.8 Å². The molecule has 0 spiro atoms. The standard InChI is InChI=1S/C8H17N/c1-3-4-5-6-7-8-9-2/h7-9H,3-6H2,1-2H3. The third-order valence-electron chi connectivity index (χ3n) is 1.26. The monoisotopic (exact) mass is 127 g/mol. The van der Waals surface area contributed by atoms with Gasteiger partial charge in [-0.3, -0.25) is 0 Å². The van der Waals surface area contributed by atoms with E-state index in [1.165, 1.54) is 25.7 Å². The molecule has 0 saturated carbocycles. The van der Waals surface area contributed by atoms with Crippen LogP contribution >= 0.6 is 0 Å². The SMILES string of the molecule is CCCCCC=CNC. The summed E-state index contributed by atoms with van der Waals surface area (Å²) in [6.45, 7) is 2.22. The van der Waals surface area contributed by atoms with Crippen LogP contribution in [0.1, 0.15) is 32.6 Å². The molecular formula is C8H17N. The lowest BCUT2D eigenvalue weighted by Crippen LogP contribution is -1.90. The topological polar surface area (TPSA) is 12.0 Å². The second-order valence-electron chi connectivity index (χ2n) is 2.19. The fraction of sp³-hybridized carbons (Fsp3) is 0.750. The van der Waals surface area contributed by atoms with Gasteiger partial charge in [0.05, 0.1) is 0 Å². The maximum atomic E-state index is 2.96. The summed E-state index contributed by atoms with van der Waals surface area (Å²) in [7, 11) is 1.93. The molecule has 0 aliphatic carbocycles. The summed E-state index contributed by atoms with van der Waals surface area (Å²) in [5.74, 6) is 0. The van der Waals surface area contributed by atoms with Crippen LogP contribution in [0.15, 0.2) is 12.3 Å². The quantitative estimate of drug-likeness (QED) is 0.559. The van der Waals surface area contributed by atoms with Gasteiger partial charge >= 0.3 is 0 Å². The van der Waals surface area contributed by atoms with Gasteiger partial charge in [-0.25, -0.2) is 0 Å². The number of unbranched alkanes of at least 4 members (excludes halogenated alkanes) is 3. The predicted octanol–water partition coefficient (Wildman–Crippen LogP) is 2.30. The van der Waals surface area contributed by atoms with Gasteiger partial charge in [-0.2, -0.15) is 0 Å². The first-order valence-corrected chi connectivity index (χ1v) is 3.74. The van der Waals surface area contributed by atoms with E-state index in [1.54, 1.807) is 0 Å². The number of hydrogen-bond donors (Lipinski definition) is 1. The fourth-order valence-electron chi connectivity index (χ4n) is 0.713. The summed E-state index contributed by atoms with van der Waals surface area (Å²) in [4.78, 5) is 0. The largest absolute Gasteiger partial charge is 0.394 e. The maximum absolute atomic E-state index is 2.96. The van der Waals surface area contributed by atoms with E-state index in [4.69, 9.17) is 0 Å². The summed E-state index contributed by atoms with van der Waals surface area (Å²) in [6.07, 6.45) is 9.39. The molecule has 1 N–H and O–H groups in total. The zero-order chi connectivity index (χ0) is 6.95. The molecule has 0 unspecified atom stereocenters. The number of nitrogens with one attached hydrogen (secondary N) is 1. The van der Waals surface area contributed by atoms with Gasteiger partial charge < -0.3 is 5.32 Å². The molecule has 0 aromatic carbocycles. The molecule has 0 radical (unpaired) electrons. The van der Waals surface area contributed by atoms with Crippen LogP contribution in [0.25, 0.3) is 0 Å². The molecule has 0 aliphatic heterocycles. The van der Waals surface area contributed by atoms with Crippen LogP contribution in [-0.2, 0) is 0 Å². The Labute approximate surface area is 58.2 Å². The first-order chi connectivity index (χ1) is 4.41. The summed E-state index contributed by atoms with van der Waals surface area (Å²) in [5, 5.41) is 2.96. The van der Waals surface area contributed by atoms with Gasteiger partial charge in [-0.15, -0.1) is 0 Å². The lowest BCUT2D eigenvalue weighted by molar-refractivity contribution is 0.727. The van der Waals surface area contributed by atoms with Crippen molar-refractivity contribution in [3.05, 3.63) is 12.3 Å². The average molecular weight is 127 g/mol. The molecule has 1 heteroatoms. The van der Waals surface area contributed by atoms with Crippen molar-refractivity contribution in [2.45, 2.75) is 32.6 Å². The molecule has 0 rings (SSSR count).